The van der Waals surface area contributed by atoms with Crippen LogP contribution >= 0.6 is 11.8 Å². The first-order chi connectivity index (χ1) is 11.6. The predicted octanol–water partition coefficient (Wildman–Crippen LogP) is 3.27. The van der Waals surface area contributed by atoms with Gasteiger partial charge in [-0.25, -0.2) is 0 Å². The lowest BCUT2D eigenvalue weighted by Gasteiger charge is -2.19. The molecular formula is C18H28N2O3S. The van der Waals surface area contributed by atoms with E-state index in [0.717, 1.165) is 25.4 Å². The zero-order valence-electron chi connectivity index (χ0n) is 14.8. The van der Waals surface area contributed by atoms with E-state index in [1.54, 1.807) is 25.3 Å². The van der Waals surface area contributed by atoms with Crippen LogP contribution in [0, 0.1) is 0 Å². The molecule has 1 aromatic rings. The molecule has 1 amide bonds. The van der Waals surface area contributed by atoms with Crippen molar-refractivity contribution in [1.82, 2.24) is 4.90 Å². The molecule has 0 bridgehead atoms. The third-order valence-electron chi connectivity index (χ3n) is 3.48. The number of carbonyl (C=O) groups is 1. The summed E-state index contributed by atoms with van der Waals surface area (Å²) in [6.07, 6.45) is 1.78. The van der Waals surface area contributed by atoms with E-state index in [1.807, 2.05) is 6.07 Å². The largest absolute Gasteiger partial charge is 0.493 e. The molecule has 0 unspecified atom stereocenters. The summed E-state index contributed by atoms with van der Waals surface area (Å²) in [6.45, 7) is 11.3. The van der Waals surface area contributed by atoms with Crippen molar-refractivity contribution in [1.29, 1.82) is 0 Å². The Morgan fingerprint density at radius 1 is 1.33 bits per heavy atom. The van der Waals surface area contributed by atoms with E-state index in [9.17, 15) is 4.79 Å². The van der Waals surface area contributed by atoms with Gasteiger partial charge in [0.25, 0.3) is 0 Å². The first kappa shape index (κ1) is 20.4. The maximum absolute atomic E-state index is 11.9. The van der Waals surface area contributed by atoms with Crippen molar-refractivity contribution in [3.8, 4) is 11.5 Å². The van der Waals surface area contributed by atoms with Crippen molar-refractivity contribution in [2.45, 2.75) is 13.8 Å². The molecule has 0 aromatic heterocycles. The summed E-state index contributed by atoms with van der Waals surface area (Å²) in [5.41, 5.74) is 0.706. The highest BCUT2D eigenvalue weighted by atomic mass is 32.2. The maximum Gasteiger partial charge on any atom is 0.234 e. The zero-order chi connectivity index (χ0) is 17.8. The number of amides is 1. The van der Waals surface area contributed by atoms with Gasteiger partial charge in [-0.3, -0.25) is 4.79 Å². The molecule has 0 aliphatic rings. The van der Waals surface area contributed by atoms with Gasteiger partial charge in [-0.2, -0.15) is 0 Å². The molecular weight excluding hydrogens is 324 g/mol. The van der Waals surface area contributed by atoms with Gasteiger partial charge in [-0.05, 0) is 25.2 Å². The van der Waals surface area contributed by atoms with Crippen molar-refractivity contribution >= 4 is 23.4 Å². The molecule has 0 aliphatic carbocycles. The van der Waals surface area contributed by atoms with Crippen molar-refractivity contribution in [3.63, 3.8) is 0 Å². The molecule has 1 rings (SSSR count). The molecule has 24 heavy (non-hydrogen) atoms. The Hall–Kier alpha value is -1.66. The number of benzene rings is 1. The van der Waals surface area contributed by atoms with Crippen LogP contribution in [0.5, 0.6) is 11.5 Å². The SMILES string of the molecule is C=CCSCC(=O)Nc1ccc(OC)c(OCCN(CC)CC)c1. The highest BCUT2D eigenvalue weighted by Gasteiger charge is 2.09. The molecule has 1 N–H and O–H groups in total. The Morgan fingerprint density at radius 3 is 2.71 bits per heavy atom. The summed E-state index contributed by atoms with van der Waals surface area (Å²) >= 11 is 1.52. The fourth-order valence-corrected chi connectivity index (χ4v) is 2.67. The number of thioether (sulfide) groups is 1. The van der Waals surface area contributed by atoms with Gasteiger partial charge in [0.1, 0.15) is 6.61 Å². The molecule has 0 atom stereocenters. The molecule has 134 valence electrons. The molecule has 0 heterocycles. The van der Waals surface area contributed by atoms with E-state index in [1.165, 1.54) is 11.8 Å². The number of methoxy groups -OCH3 is 1. The van der Waals surface area contributed by atoms with Crippen LogP contribution < -0.4 is 14.8 Å². The highest BCUT2D eigenvalue weighted by Crippen LogP contribution is 2.30. The van der Waals surface area contributed by atoms with Gasteiger partial charge in [-0.15, -0.1) is 18.3 Å². The number of ether oxygens (including phenoxy) is 2. The molecule has 0 saturated carbocycles. The average molecular weight is 353 g/mol. The van der Waals surface area contributed by atoms with Gasteiger partial charge < -0.3 is 19.7 Å². The van der Waals surface area contributed by atoms with E-state index in [0.29, 0.717) is 29.5 Å². The quantitative estimate of drug-likeness (QED) is 0.462. The van der Waals surface area contributed by atoms with E-state index < -0.39 is 0 Å². The average Bonchev–Trinajstić information content (AvgIpc) is 2.59. The van der Waals surface area contributed by atoms with Gasteiger partial charge in [0.15, 0.2) is 11.5 Å². The van der Waals surface area contributed by atoms with Crippen molar-refractivity contribution in [3.05, 3.63) is 30.9 Å². The van der Waals surface area contributed by atoms with Crippen LogP contribution in [0.3, 0.4) is 0 Å². The van der Waals surface area contributed by atoms with Crippen LogP contribution in [0.1, 0.15) is 13.8 Å². The van der Waals surface area contributed by atoms with Crippen molar-refractivity contribution < 1.29 is 14.3 Å². The van der Waals surface area contributed by atoms with Gasteiger partial charge in [0, 0.05) is 24.1 Å². The fraction of sp³-hybridized carbons (Fsp3) is 0.500. The number of carbonyl (C=O) groups excluding carboxylic acids is 1. The van der Waals surface area contributed by atoms with Crippen LogP contribution in [0.2, 0.25) is 0 Å². The molecule has 0 radical (unpaired) electrons. The molecule has 0 saturated heterocycles. The molecule has 1 aromatic carbocycles. The molecule has 0 spiro atoms. The topological polar surface area (TPSA) is 50.8 Å². The predicted molar refractivity (Wildman–Crippen MR) is 102 cm³/mol. The lowest BCUT2D eigenvalue weighted by molar-refractivity contribution is -0.113. The molecule has 0 fully saturated rings. The Kier molecular flexibility index (Phi) is 10.0. The van der Waals surface area contributed by atoms with Crippen LogP contribution in [0.15, 0.2) is 30.9 Å². The Morgan fingerprint density at radius 2 is 2.08 bits per heavy atom. The molecule has 5 nitrogen and oxygen atoms in total. The van der Waals surface area contributed by atoms with Gasteiger partial charge in [0.05, 0.1) is 12.9 Å². The van der Waals surface area contributed by atoms with Crippen molar-refractivity contribution in [2.24, 2.45) is 0 Å². The number of anilines is 1. The third-order valence-corrected chi connectivity index (χ3v) is 4.41. The maximum atomic E-state index is 11.9. The fourth-order valence-electron chi connectivity index (χ4n) is 2.12. The number of likely N-dealkylation sites (N-methyl/N-ethyl adjacent to an activating group) is 1. The van der Waals surface area contributed by atoms with E-state index in [4.69, 9.17) is 9.47 Å². The van der Waals surface area contributed by atoms with E-state index in [2.05, 4.69) is 30.6 Å². The normalized spacial score (nSPS) is 10.5. The number of nitrogens with one attached hydrogen (secondary N) is 1. The summed E-state index contributed by atoms with van der Waals surface area (Å²) in [5, 5.41) is 2.87. The first-order valence-corrected chi connectivity index (χ1v) is 9.31. The lowest BCUT2D eigenvalue weighted by atomic mass is 10.2. The standard InChI is InChI=1S/C18H28N2O3S/c1-5-12-24-14-18(21)19-15-8-9-16(22-4)17(13-15)23-11-10-20(6-2)7-3/h5,8-9,13H,1,6-7,10-12,14H2,2-4H3,(H,19,21). The first-order valence-electron chi connectivity index (χ1n) is 8.16. The Bertz CT molecular complexity index is 519. The second kappa shape index (κ2) is 11.8. The minimum absolute atomic E-state index is 0.0406. The summed E-state index contributed by atoms with van der Waals surface area (Å²) < 4.78 is 11.2. The second-order valence-electron chi connectivity index (χ2n) is 5.09. The minimum Gasteiger partial charge on any atom is -0.493 e. The minimum atomic E-state index is -0.0406. The van der Waals surface area contributed by atoms with Crippen LogP contribution in [0.4, 0.5) is 5.69 Å². The van der Waals surface area contributed by atoms with Gasteiger partial charge in [-0.1, -0.05) is 19.9 Å². The van der Waals surface area contributed by atoms with Crippen molar-refractivity contribution in [2.75, 3.05) is 50.2 Å². The Labute approximate surface area is 149 Å². The van der Waals surface area contributed by atoms with Crippen LogP contribution in [-0.4, -0.2) is 55.7 Å². The van der Waals surface area contributed by atoms with E-state index in [-0.39, 0.29) is 5.91 Å². The smallest absolute Gasteiger partial charge is 0.234 e. The number of hydrogen-bond donors (Lipinski definition) is 1. The number of rotatable bonds is 12. The zero-order valence-corrected chi connectivity index (χ0v) is 15.7. The van der Waals surface area contributed by atoms with Crippen LogP contribution in [0.25, 0.3) is 0 Å². The number of hydrogen-bond acceptors (Lipinski definition) is 5. The summed E-state index contributed by atoms with van der Waals surface area (Å²) in [6, 6.07) is 5.42. The Balaban J connectivity index is 2.63. The third kappa shape index (κ3) is 7.27. The summed E-state index contributed by atoms with van der Waals surface area (Å²) in [4.78, 5) is 14.2. The van der Waals surface area contributed by atoms with Gasteiger partial charge >= 0.3 is 0 Å². The highest BCUT2D eigenvalue weighted by molar-refractivity contribution is 8.00. The summed E-state index contributed by atoms with van der Waals surface area (Å²) in [7, 11) is 1.61. The summed E-state index contributed by atoms with van der Waals surface area (Å²) in [5.74, 6) is 2.42. The van der Waals surface area contributed by atoms with Gasteiger partial charge in [0.2, 0.25) is 5.91 Å². The second-order valence-corrected chi connectivity index (χ2v) is 6.12. The monoisotopic (exact) mass is 352 g/mol. The van der Waals surface area contributed by atoms with E-state index >= 15 is 0 Å². The molecule has 6 heteroatoms. The van der Waals surface area contributed by atoms with Crippen LogP contribution in [-0.2, 0) is 4.79 Å². The number of nitrogens with zero attached hydrogens (tertiary/aromatic N) is 1. The lowest BCUT2D eigenvalue weighted by Crippen LogP contribution is -2.28. The molecule has 0 aliphatic heterocycles.